The molecular weight excluding hydrogens is 346 g/mol. The second kappa shape index (κ2) is 7.81. The van der Waals surface area contributed by atoms with Crippen molar-refractivity contribution < 1.29 is 14.9 Å². The third kappa shape index (κ3) is 3.92. The largest absolute Gasteiger partial charge is 0.496 e. The van der Waals surface area contributed by atoms with E-state index in [1.807, 2.05) is 13.8 Å². The number of ether oxygens (including phenoxy) is 1. The van der Waals surface area contributed by atoms with Crippen LogP contribution in [0.2, 0.25) is 5.15 Å². The highest BCUT2D eigenvalue weighted by molar-refractivity contribution is 6.30. The molecule has 0 aliphatic rings. The number of aliphatic hydroxyl groups is 2. The fourth-order valence-electron chi connectivity index (χ4n) is 2.68. The summed E-state index contributed by atoms with van der Waals surface area (Å²) in [5, 5.41) is 19.1. The maximum Gasteiger partial charge on any atom is 0.223 e. The summed E-state index contributed by atoms with van der Waals surface area (Å²) in [7, 11) is 3.36. The van der Waals surface area contributed by atoms with Gasteiger partial charge in [-0.15, -0.1) is 0 Å². The molecule has 0 fully saturated rings. The molecule has 0 saturated carbocycles. The third-order valence-corrected chi connectivity index (χ3v) is 4.17. The number of nitrogens with zero attached hydrogens (tertiary/aromatic N) is 4. The van der Waals surface area contributed by atoms with Gasteiger partial charge in [-0.2, -0.15) is 4.98 Å². The van der Waals surface area contributed by atoms with Crippen LogP contribution in [0.4, 0.5) is 17.6 Å². The molecule has 1 unspecified atom stereocenters. The first-order valence-corrected chi connectivity index (χ1v) is 8.02. The average Bonchev–Trinajstić information content (AvgIpc) is 2.56. The molecule has 0 amide bonds. The number of aliphatic hydroxyl groups excluding tert-OH is 2. The van der Waals surface area contributed by atoms with Crippen molar-refractivity contribution in [2.24, 2.45) is 0 Å². The van der Waals surface area contributed by atoms with Crippen LogP contribution in [0.25, 0.3) is 0 Å². The Kier molecular flexibility index (Phi) is 5.99. The first kappa shape index (κ1) is 19.2. The highest BCUT2D eigenvalue weighted by Gasteiger charge is 2.22. The van der Waals surface area contributed by atoms with Crippen LogP contribution in [0.5, 0.6) is 5.75 Å². The van der Waals surface area contributed by atoms with Gasteiger partial charge in [0.2, 0.25) is 5.95 Å². The van der Waals surface area contributed by atoms with Crippen molar-refractivity contribution >= 4 is 29.2 Å². The number of hydrogen-bond acceptors (Lipinski definition) is 8. The molecule has 2 aromatic heterocycles. The summed E-state index contributed by atoms with van der Waals surface area (Å²) in [4.78, 5) is 14.3. The highest BCUT2D eigenvalue weighted by atomic mass is 35.5. The molecule has 0 aromatic carbocycles. The summed E-state index contributed by atoms with van der Waals surface area (Å²) >= 11 is 6.20. The zero-order valence-corrected chi connectivity index (χ0v) is 15.4. The van der Waals surface area contributed by atoms with Crippen molar-refractivity contribution in [3.05, 3.63) is 28.0 Å². The van der Waals surface area contributed by atoms with Crippen LogP contribution >= 0.6 is 11.6 Å². The fourth-order valence-corrected chi connectivity index (χ4v) is 2.93. The lowest BCUT2D eigenvalue weighted by atomic mass is 10.1. The molecule has 0 spiro atoms. The van der Waals surface area contributed by atoms with Gasteiger partial charge >= 0.3 is 0 Å². The molecule has 136 valence electrons. The summed E-state index contributed by atoms with van der Waals surface area (Å²) in [5.41, 5.74) is 7.94. The number of methoxy groups -OCH3 is 1. The predicted octanol–water partition coefficient (Wildman–Crippen LogP) is 1.40. The lowest BCUT2D eigenvalue weighted by Crippen LogP contribution is -2.22. The van der Waals surface area contributed by atoms with Crippen molar-refractivity contribution in [1.82, 2.24) is 15.0 Å². The predicted molar refractivity (Wildman–Crippen MR) is 96.6 cm³/mol. The number of anilines is 3. The highest BCUT2D eigenvalue weighted by Crippen LogP contribution is 2.35. The number of nitrogens with two attached hydrogens (primary N) is 1. The van der Waals surface area contributed by atoms with E-state index in [2.05, 4.69) is 15.0 Å². The van der Waals surface area contributed by atoms with Crippen LogP contribution in [0.1, 0.15) is 16.7 Å². The lowest BCUT2D eigenvalue weighted by Gasteiger charge is -2.24. The average molecular weight is 368 g/mol. The molecule has 0 bridgehead atoms. The normalized spacial score (nSPS) is 12.1. The van der Waals surface area contributed by atoms with Crippen molar-refractivity contribution in [3.8, 4) is 5.75 Å². The van der Waals surface area contributed by atoms with E-state index in [-0.39, 0.29) is 17.5 Å². The van der Waals surface area contributed by atoms with E-state index < -0.39 is 12.7 Å². The first-order chi connectivity index (χ1) is 11.8. The van der Waals surface area contributed by atoms with E-state index in [1.54, 1.807) is 25.3 Å². The molecule has 25 heavy (non-hydrogen) atoms. The molecule has 4 N–H and O–H groups in total. The van der Waals surface area contributed by atoms with E-state index in [1.165, 1.54) is 0 Å². The Labute approximate surface area is 151 Å². The smallest absolute Gasteiger partial charge is 0.223 e. The molecule has 2 heterocycles. The Hall–Kier alpha value is -2.16. The Balaban J connectivity index is 2.57. The Morgan fingerprint density at radius 3 is 2.60 bits per heavy atom. The van der Waals surface area contributed by atoms with E-state index in [0.29, 0.717) is 17.2 Å². The van der Waals surface area contributed by atoms with Crippen molar-refractivity contribution in [3.63, 3.8) is 0 Å². The second-order valence-electron chi connectivity index (χ2n) is 5.70. The van der Waals surface area contributed by atoms with Crippen LogP contribution in [-0.4, -0.2) is 52.0 Å². The maximum absolute atomic E-state index is 9.81. The third-order valence-electron chi connectivity index (χ3n) is 3.86. The maximum atomic E-state index is 9.81. The molecular formula is C16H22ClN5O3. The first-order valence-electron chi connectivity index (χ1n) is 7.64. The fraction of sp³-hybridized carbons (Fsp3) is 0.438. The summed E-state index contributed by atoms with van der Waals surface area (Å²) in [5.74, 6) is 1.75. The van der Waals surface area contributed by atoms with Gasteiger partial charge in [0.1, 0.15) is 22.5 Å². The van der Waals surface area contributed by atoms with Gasteiger partial charge < -0.3 is 25.6 Å². The second-order valence-corrected chi connectivity index (χ2v) is 6.06. The van der Waals surface area contributed by atoms with E-state index in [4.69, 9.17) is 27.2 Å². The minimum Gasteiger partial charge on any atom is -0.496 e. The number of hydrogen-bond donors (Lipinski definition) is 3. The molecule has 0 aliphatic heterocycles. The van der Waals surface area contributed by atoms with E-state index in [9.17, 15) is 5.11 Å². The van der Waals surface area contributed by atoms with Gasteiger partial charge in [-0.25, -0.2) is 9.97 Å². The Morgan fingerprint density at radius 1 is 1.32 bits per heavy atom. The van der Waals surface area contributed by atoms with Crippen molar-refractivity contribution in [2.75, 3.05) is 31.4 Å². The number of aryl methyl sites for hydroxylation is 1. The number of nitrogen functional groups attached to an aromatic ring is 1. The standard InChI is InChI=1S/C16H22ClN5O3/c1-8-6-19-14(9(2)12(8)25-4)22(3)15-11(5-10(24)7-23)13(17)20-16(18)21-15/h6,10,23-24H,5,7H2,1-4H3,(H2,18,20,21). The number of aromatic nitrogens is 3. The molecule has 2 rings (SSSR count). The zero-order chi connectivity index (χ0) is 18.7. The van der Waals surface area contributed by atoms with Gasteiger partial charge in [0.05, 0.1) is 19.8 Å². The number of rotatable bonds is 6. The SMILES string of the molecule is COc1c(C)cnc(N(C)c2nc(N)nc(Cl)c2CC(O)CO)c1C. The van der Waals surface area contributed by atoms with Crippen LogP contribution in [0, 0.1) is 13.8 Å². The monoisotopic (exact) mass is 367 g/mol. The van der Waals surface area contributed by atoms with Crippen LogP contribution in [0.3, 0.4) is 0 Å². The van der Waals surface area contributed by atoms with Gasteiger partial charge in [-0.3, -0.25) is 0 Å². The molecule has 2 aromatic rings. The minimum absolute atomic E-state index is 0.00539. The van der Waals surface area contributed by atoms with Gasteiger partial charge in [0, 0.05) is 36.4 Å². The summed E-state index contributed by atoms with van der Waals surface area (Å²) in [6, 6.07) is 0. The Morgan fingerprint density at radius 2 is 2.00 bits per heavy atom. The van der Waals surface area contributed by atoms with Crippen LogP contribution < -0.4 is 15.4 Å². The van der Waals surface area contributed by atoms with Crippen LogP contribution in [-0.2, 0) is 6.42 Å². The summed E-state index contributed by atoms with van der Waals surface area (Å²) < 4.78 is 5.44. The Bertz CT molecular complexity index is 772. The summed E-state index contributed by atoms with van der Waals surface area (Å²) in [6.07, 6.45) is 0.794. The summed E-state index contributed by atoms with van der Waals surface area (Å²) in [6.45, 7) is 3.39. The minimum atomic E-state index is -0.988. The van der Waals surface area contributed by atoms with Gasteiger partial charge in [0.15, 0.2) is 0 Å². The number of pyridine rings is 1. The molecule has 0 saturated heterocycles. The van der Waals surface area contributed by atoms with Crippen LogP contribution in [0.15, 0.2) is 6.20 Å². The molecule has 0 radical (unpaired) electrons. The lowest BCUT2D eigenvalue weighted by molar-refractivity contribution is 0.0955. The van der Waals surface area contributed by atoms with E-state index >= 15 is 0 Å². The van der Waals surface area contributed by atoms with Gasteiger partial charge in [0.25, 0.3) is 0 Å². The molecule has 0 aliphatic carbocycles. The number of halogens is 1. The molecule has 8 nitrogen and oxygen atoms in total. The quantitative estimate of drug-likeness (QED) is 0.656. The van der Waals surface area contributed by atoms with Gasteiger partial charge in [-0.1, -0.05) is 11.6 Å². The molecule has 1 atom stereocenters. The topological polar surface area (TPSA) is 118 Å². The molecule has 9 heteroatoms. The van der Waals surface area contributed by atoms with Crippen molar-refractivity contribution in [2.45, 2.75) is 26.4 Å². The van der Waals surface area contributed by atoms with Crippen molar-refractivity contribution in [1.29, 1.82) is 0 Å². The zero-order valence-electron chi connectivity index (χ0n) is 14.6. The van der Waals surface area contributed by atoms with E-state index in [0.717, 1.165) is 16.9 Å². The van der Waals surface area contributed by atoms with Gasteiger partial charge in [-0.05, 0) is 13.8 Å².